The highest BCUT2D eigenvalue weighted by Gasteiger charge is 2.43. The fourth-order valence-electron chi connectivity index (χ4n) is 4.07. The summed E-state index contributed by atoms with van der Waals surface area (Å²) in [5.74, 6) is -0.0349. The minimum Gasteiger partial charge on any atom is -0.379 e. The van der Waals surface area contributed by atoms with Gasteiger partial charge >= 0.3 is 6.03 Å². The Morgan fingerprint density at radius 2 is 2.03 bits per heavy atom. The third-order valence-electron chi connectivity index (χ3n) is 5.58. The van der Waals surface area contributed by atoms with Crippen LogP contribution in [0.5, 0.6) is 0 Å². The molecule has 0 bridgehead atoms. The monoisotopic (exact) mass is 416 g/mol. The molecule has 7 nitrogen and oxygen atoms in total. The lowest BCUT2D eigenvalue weighted by Gasteiger charge is -2.33. The normalized spacial score (nSPS) is 22.7. The van der Waals surface area contributed by atoms with Crippen LogP contribution in [0.4, 0.5) is 4.79 Å². The van der Waals surface area contributed by atoms with Crippen molar-refractivity contribution in [1.82, 2.24) is 20.0 Å². The van der Waals surface area contributed by atoms with Crippen LogP contribution in [0.1, 0.15) is 11.6 Å². The molecule has 3 heterocycles. The number of ether oxygens (including phenoxy) is 1. The fraction of sp³-hybridized carbons (Fsp3) is 0.429. The van der Waals surface area contributed by atoms with E-state index in [2.05, 4.69) is 16.8 Å². The highest BCUT2D eigenvalue weighted by molar-refractivity contribution is 6.30. The van der Waals surface area contributed by atoms with E-state index in [1.165, 1.54) is 0 Å². The van der Waals surface area contributed by atoms with Gasteiger partial charge in [0.1, 0.15) is 0 Å². The number of nitrogens with zero attached hydrogens (tertiary/aromatic N) is 3. The number of nitrogens with one attached hydrogen (secondary N) is 1. The predicted octanol–water partition coefficient (Wildman–Crippen LogP) is 2.02. The zero-order valence-corrected chi connectivity index (χ0v) is 17.0. The average molecular weight is 417 g/mol. The number of rotatable bonds is 6. The van der Waals surface area contributed by atoms with Crippen LogP contribution >= 0.6 is 11.6 Å². The maximum atomic E-state index is 13.3. The number of urea groups is 1. The summed E-state index contributed by atoms with van der Waals surface area (Å²) in [6.45, 7) is 9.15. The number of morpholine rings is 1. The molecule has 1 aromatic rings. The number of carbonyl (C=O) groups excluding carboxylic acids is 2. The Hall–Kier alpha value is -2.35. The molecule has 1 N–H and O–H groups in total. The van der Waals surface area contributed by atoms with E-state index in [1.807, 2.05) is 17.0 Å². The van der Waals surface area contributed by atoms with Crippen LogP contribution in [0.3, 0.4) is 0 Å². The summed E-state index contributed by atoms with van der Waals surface area (Å²) >= 11 is 6.16. The van der Waals surface area contributed by atoms with Crippen molar-refractivity contribution < 1.29 is 14.3 Å². The summed E-state index contributed by atoms with van der Waals surface area (Å²) in [4.78, 5) is 31.8. The van der Waals surface area contributed by atoms with Crippen molar-refractivity contribution in [1.29, 1.82) is 0 Å². The lowest BCUT2D eigenvalue weighted by molar-refractivity contribution is -0.126. The van der Waals surface area contributed by atoms with E-state index >= 15 is 0 Å². The molecule has 0 aromatic heterocycles. The van der Waals surface area contributed by atoms with Gasteiger partial charge in [0.2, 0.25) is 0 Å². The smallest absolute Gasteiger partial charge is 0.322 e. The molecule has 29 heavy (non-hydrogen) atoms. The van der Waals surface area contributed by atoms with Crippen molar-refractivity contribution in [3.8, 4) is 0 Å². The van der Waals surface area contributed by atoms with Crippen LogP contribution in [-0.4, -0.2) is 79.1 Å². The van der Waals surface area contributed by atoms with Gasteiger partial charge in [-0.2, -0.15) is 0 Å². The second kappa shape index (κ2) is 8.57. The van der Waals surface area contributed by atoms with Crippen LogP contribution < -0.4 is 5.32 Å². The third-order valence-corrected chi connectivity index (χ3v) is 5.82. The van der Waals surface area contributed by atoms with Gasteiger partial charge in [-0.3, -0.25) is 14.6 Å². The van der Waals surface area contributed by atoms with Crippen LogP contribution in [0.15, 0.2) is 48.2 Å². The summed E-state index contributed by atoms with van der Waals surface area (Å²) in [6.07, 6.45) is 1.67. The van der Waals surface area contributed by atoms with Gasteiger partial charge in [-0.15, -0.1) is 6.58 Å². The molecule has 0 aliphatic carbocycles. The van der Waals surface area contributed by atoms with Gasteiger partial charge in [-0.25, -0.2) is 4.79 Å². The van der Waals surface area contributed by atoms with E-state index in [-0.39, 0.29) is 11.9 Å². The first kappa shape index (κ1) is 19.9. The second-order valence-electron chi connectivity index (χ2n) is 7.38. The summed E-state index contributed by atoms with van der Waals surface area (Å²) in [6, 6.07) is 6.56. The van der Waals surface area contributed by atoms with Crippen LogP contribution in [0.25, 0.3) is 0 Å². The lowest BCUT2D eigenvalue weighted by Crippen LogP contribution is -2.47. The van der Waals surface area contributed by atoms with Gasteiger partial charge in [-0.05, 0) is 17.7 Å². The van der Waals surface area contributed by atoms with E-state index in [1.54, 1.807) is 23.1 Å². The van der Waals surface area contributed by atoms with E-state index in [4.69, 9.17) is 16.3 Å². The van der Waals surface area contributed by atoms with Crippen molar-refractivity contribution in [2.45, 2.75) is 6.04 Å². The van der Waals surface area contributed by atoms with E-state index in [0.29, 0.717) is 30.2 Å². The summed E-state index contributed by atoms with van der Waals surface area (Å²) in [7, 11) is 0. The Labute approximate surface area is 175 Å². The average Bonchev–Trinajstić information content (AvgIpc) is 3.05. The van der Waals surface area contributed by atoms with Crippen molar-refractivity contribution in [2.24, 2.45) is 0 Å². The fourth-order valence-corrected chi connectivity index (χ4v) is 4.27. The molecule has 3 aliphatic heterocycles. The molecule has 4 rings (SSSR count). The van der Waals surface area contributed by atoms with Crippen molar-refractivity contribution >= 4 is 23.5 Å². The molecule has 3 aliphatic rings. The Kier molecular flexibility index (Phi) is 5.89. The topological polar surface area (TPSA) is 65.1 Å². The number of hydrogen-bond donors (Lipinski definition) is 1. The number of amides is 3. The molecule has 0 unspecified atom stereocenters. The first-order valence-corrected chi connectivity index (χ1v) is 10.2. The molecule has 0 saturated carbocycles. The summed E-state index contributed by atoms with van der Waals surface area (Å²) in [5.41, 5.74) is 2.18. The minimum absolute atomic E-state index is 0.0349. The number of carbonyl (C=O) groups is 2. The molecule has 154 valence electrons. The third kappa shape index (κ3) is 4.03. The molecule has 1 atom stereocenters. The molecular formula is C21H25ClN4O3. The Bertz CT molecular complexity index is 850. The highest BCUT2D eigenvalue weighted by atomic mass is 35.5. The maximum absolute atomic E-state index is 13.3. The standard InChI is InChI=1S/C21H25ClN4O3/c1-2-6-26-17-14-25(8-7-24-9-11-29-12-10-24)20(27)18(17)19(23-21(26)28)15-4-3-5-16(22)13-15/h2-5,13,19H,1,6-12,14H2,(H,23,28)/t19-/m0/s1. The molecular weight excluding hydrogens is 392 g/mol. The SMILES string of the molecule is C=CCN1C(=O)N[C@@H](c2cccc(Cl)c2)C2=C1CN(CCN1CCOCC1)C2=O. The quantitative estimate of drug-likeness (QED) is 0.720. The second-order valence-corrected chi connectivity index (χ2v) is 7.81. The van der Waals surface area contributed by atoms with Gasteiger partial charge in [0.15, 0.2) is 0 Å². The maximum Gasteiger partial charge on any atom is 0.322 e. The van der Waals surface area contributed by atoms with Crippen molar-refractivity contribution in [2.75, 3.05) is 52.5 Å². The Morgan fingerprint density at radius 3 is 2.76 bits per heavy atom. The van der Waals surface area contributed by atoms with E-state index in [0.717, 1.165) is 44.1 Å². The molecule has 3 amide bonds. The van der Waals surface area contributed by atoms with Crippen LogP contribution in [0.2, 0.25) is 5.02 Å². The van der Waals surface area contributed by atoms with Gasteiger partial charge in [0.25, 0.3) is 5.91 Å². The van der Waals surface area contributed by atoms with E-state index in [9.17, 15) is 9.59 Å². The Morgan fingerprint density at radius 1 is 1.24 bits per heavy atom. The summed E-state index contributed by atoms with van der Waals surface area (Å²) < 4.78 is 5.39. The number of halogens is 1. The first-order valence-electron chi connectivity index (χ1n) is 9.85. The lowest BCUT2D eigenvalue weighted by atomic mass is 9.95. The minimum atomic E-state index is -0.502. The number of benzene rings is 1. The number of hydrogen-bond acceptors (Lipinski definition) is 4. The predicted molar refractivity (Wildman–Crippen MR) is 110 cm³/mol. The summed E-state index contributed by atoms with van der Waals surface area (Å²) in [5, 5.41) is 3.54. The first-order chi connectivity index (χ1) is 14.1. The van der Waals surface area contributed by atoms with Gasteiger partial charge in [0.05, 0.1) is 37.1 Å². The van der Waals surface area contributed by atoms with Crippen molar-refractivity contribution in [3.05, 3.63) is 58.8 Å². The zero-order chi connectivity index (χ0) is 20.4. The van der Waals surface area contributed by atoms with Gasteiger partial charge in [0, 0.05) is 37.7 Å². The zero-order valence-electron chi connectivity index (χ0n) is 16.3. The molecule has 0 radical (unpaired) electrons. The Balaban J connectivity index is 1.59. The van der Waals surface area contributed by atoms with E-state index < -0.39 is 6.04 Å². The van der Waals surface area contributed by atoms with Crippen LogP contribution in [0, 0.1) is 0 Å². The molecule has 0 spiro atoms. The van der Waals surface area contributed by atoms with Crippen LogP contribution in [-0.2, 0) is 9.53 Å². The van der Waals surface area contributed by atoms with Crippen molar-refractivity contribution in [3.63, 3.8) is 0 Å². The highest BCUT2D eigenvalue weighted by Crippen LogP contribution is 2.36. The van der Waals surface area contributed by atoms with Gasteiger partial charge < -0.3 is 15.0 Å². The molecule has 1 fully saturated rings. The molecule has 8 heteroatoms. The largest absolute Gasteiger partial charge is 0.379 e. The molecule has 1 saturated heterocycles. The molecule has 1 aromatic carbocycles. The van der Waals surface area contributed by atoms with Gasteiger partial charge in [-0.1, -0.05) is 29.8 Å².